The number of anilines is 2. The summed E-state index contributed by atoms with van der Waals surface area (Å²) < 4.78 is 5.33. The van der Waals surface area contributed by atoms with Gasteiger partial charge in [0.05, 0.1) is 6.61 Å². The normalized spacial score (nSPS) is 12.7. The quantitative estimate of drug-likeness (QED) is 0.625. The highest BCUT2D eigenvalue weighted by atomic mass is 16.5. The second kappa shape index (κ2) is 4.83. The van der Waals surface area contributed by atoms with Gasteiger partial charge < -0.3 is 21.3 Å². The third kappa shape index (κ3) is 2.37. The van der Waals surface area contributed by atoms with Crippen molar-refractivity contribution in [2.45, 2.75) is 13.0 Å². The molecule has 0 aliphatic carbocycles. The monoisotopic (exact) mass is 196 g/mol. The van der Waals surface area contributed by atoms with Gasteiger partial charge in [0.1, 0.15) is 6.10 Å². The van der Waals surface area contributed by atoms with Gasteiger partial charge in [0.2, 0.25) is 0 Å². The Morgan fingerprint density at radius 1 is 1.43 bits per heavy atom. The molecule has 0 fully saturated rings. The second-order valence-corrected chi connectivity index (χ2v) is 3.01. The van der Waals surface area contributed by atoms with Crippen LogP contribution in [0.3, 0.4) is 0 Å². The highest BCUT2D eigenvalue weighted by molar-refractivity contribution is 5.56. The lowest BCUT2D eigenvalue weighted by Crippen LogP contribution is -2.11. The van der Waals surface area contributed by atoms with Crippen molar-refractivity contribution in [2.24, 2.45) is 0 Å². The first-order chi connectivity index (χ1) is 6.69. The van der Waals surface area contributed by atoms with Gasteiger partial charge in [-0.25, -0.2) is 0 Å². The average Bonchev–Trinajstić information content (AvgIpc) is 2.18. The first-order valence-corrected chi connectivity index (χ1v) is 4.56. The van der Waals surface area contributed by atoms with Gasteiger partial charge in [0, 0.05) is 23.5 Å². The van der Waals surface area contributed by atoms with E-state index in [-0.39, 0.29) is 12.7 Å². The minimum Gasteiger partial charge on any atom is -0.399 e. The zero-order valence-electron chi connectivity index (χ0n) is 8.23. The molecule has 14 heavy (non-hydrogen) atoms. The number of aliphatic hydroxyl groups excluding tert-OH is 1. The van der Waals surface area contributed by atoms with Crippen LogP contribution in [0.4, 0.5) is 11.4 Å². The number of rotatable bonds is 4. The van der Waals surface area contributed by atoms with Crippen LogP contribution in [0.25, 0.3) is 0 Å². The highest BCUT2D eigenvalue weighted by Crippen LogP contribution is 2.25. The summed E-state index contributed by atoms with van der Waals surface area (Å²) in [6.45, 7) is 2.30. The van der Waals surface area contributed by atoms with Gasteiger partial charge in [-0.15, -0.1) is 0 Å². The van der Waals surface area contributed by atoms with Crippen molar-refractivity contribution in [1.29, 1.82) is 0 Å². The predicted molar refractivity (Wildman–Crippen MR) is 56.7 cm³/mol. The molecule has 1 rings (SSSR count). The van der Waals surface area contributed by atoms with Gasteiger partial charge in [0.15, 0.2) is 0 Å². The third-order valence-corrected chi connectivity index (χ3v) is 1.99. The first-order valence-electron chi connectivity index (χ1n) is 4.56. The number of nitrogens with two attached hydrogens (primary N) is 2. The maximum Gasteiger partial charge on any atom is 0.108 e. The lowest BCUT2D eigenvalue weighted by atomic mass is 10.1. The van der Waals surface area contributed by atoms with Gasteiger partial charge in [0.25, 0.3) is 0 Å². The van der Waals surface area contributed by atoms with Crippen LogP contribution in [-0.2, 0) is 4.74 Å². The van der Waals surface area contributed by atoms with Crippen molar-refractivity contribution >= 4 is 11.4 Å². The fourth-order valence-electron chi connectivity index (χ4n) is 1.31. The molecule has 1 aromatic rings. The molecule has 0 radical (unpaired) electrons. The molecule has 0 spiro atoms. The topological polar surface area (TPSA) is 81.5 Å². The SMILES string of the molecule is CCOC(CO)c1cc(N)ccc1N. The smallest absolute Gasteiger partial charge is 0.108 e. The molecular formula is C10H16N2O2. The minimum absolute atomic E-state index is 0.0957. The van der Waals surface area contributed by atoms with Crippen molar-refractivity contribution in [2.75, 3.05) is 24.7 Å². The molecule has 1 aromatic carbocycles. The molecular weight excluding hydrogens is 180 g/mol. The number of hydrogen-bond donors (Lipinski definition) is 3. The van der Waals surface area contributed by atoms with Crippen LogP contribution in [-0.4, -0.2) is 18.3 Å². The summed E-state index contributed by atoms with van der Waals surface area (Å²) in [5, 5.41) is 9.10. The van der Waals surface area contributed by atoms with Gasteiger partial charge >= 0.3 is 0 Å². The van der Waals surface area contributed by atoms with E-state index in [0.29, 0.717) is 18.0 Å². The van der Waals surface area contributed by atoms with Crippen LogP contribution in [0, 0.1) is 0 Å². The van der Waals surface area contributed by atoms with Crippen LogP contribution >= 0.6 is 0 Å². The van der Waals surface area contributed by atoms with E-state index < -0.39 is 0 Å². The molecule has 0 aliphatic heterocycles. The Morgan fingerprint density at radius 3 is 2.71 bits per heavy atom. The molecule has 4 nitrogen and oxygen atoms in total. The van der Waals surface area contributed by atoms with E-state index >= 15 is 0 Å². The zero-order chi connectivity index (χ0) is 10.6. The summed E-state index contributed by atoms with van der Waals surface area (Å²) in [6, 6.07) is 5.16. The first kappa shape index (κ1) is 10.8. The number of benzene rings is 1. The Bertz CT molecular complexity index is 302. The standard InChI is InChI=1S/C10H16N2O2/c1-2-14-10(6-13)8-5-7(11)3-4-9(8)12/h3-5,10,13H,2,6,11-12H2,1H3. The molecule has 0 aliphatic rings. The fourth-order valence-corrected chi connectivity index (χ4v) is 1.31. The van der Waals surface area contributed by atoms with E-state index in [1.54, 1.807) is 18.2 Å². The molecule has 0 saturated carbocycles. The van der Waals surface area contributed by atoms with Crippen LogP contribution in [0.2, 0.25) is 0 Å². The van der Waals surface area contributed by atoms with Crippen molar-refractivity contribution < 1.29 is 9.84 Å². The molecule has 0 aromatic heterocycles. The van der Waals surface area contributed by atoms with Crippen LogP contribution in [0.1, 0.15) is 18.6 Å². The summed E-state index contributed by atoms with van der Waals surface area (Å²) >= 11 is 0. The minimum atomic E-state index is -0.386. The molecule has 0 heterocycles. The maximum absolute atomic E-state index is 9.10. The van der Waals surface area contributed by atoms with Crippen molar-refractivity contribution in [3.63, 3.8) is 0 Å². The molecule has 1 atom stereocenters. The van der Waals surface area contributed by atoms with Crippen LogP contribution in [0.15, 0.2) is 18.2 Å². The number of nitrogen functional groups attached to an aromatic ring is 2. The molecule has 1 unspecified atom stereocenters. The maximum atomic E-state index is 9.10. The lowest BCUT2D eigenvalue weighted by Gasteiger charge is -2.17. The van der Waals surface area contributed by atoms with Gasteiger partial charge in [-0.3, -0.25) is 0 Å². The summed E-state index contributed by atoms with van der Waals surface area (Å²) in [4.78, 5) is 0. The summed E-state index contributed by atoms with van der Waals surface area (Å²) in [6.07, 6.45) is -0.386. The number of ether oxygens (including phenoxy) is 1. The summed E-state index contributed by atoms with van der Waals surface area (Å²) in [5.74, 6) is 0. The molecule has 5 N–H and O–H groups in total. The lowest BCUT2D eigenvalue weighted by molar-refractivity contribution is 0.0194. The van der Waals surface area contributed by atoms with Crippen molar-refractivity contribution in [1.82, 2.24) is 0 Å². The molecule has 0 bridgehead atoms. The Kier molecular flexibility index (Phi) is 3.73. The van der Waals surface area contributed by atoms with Crippen LogP contribution < -0.4 is 11.5 Å². The number of hydrogen-bond acceptors (Lipinski definition) is 4. The molecule has 78 valence electrons. The average molecular weight is 196 g/mol. The summed E-state index contributed by atoms with van der Waals surface area (Å²) in [5.41, 5.74) is 13.3. The van der Waals surface area contributed by atoms with E-state index in [1.165, 1.54) is 0 Å². The Labute approximate surface area is 83.5 Å². The van der Waals surface area contributed by atoms with Gasteiger partial charge in [-0.05, 0) is 25.1 Å². The van der Waals surface area contributed by atoms with E-state index in [2.05, 4.69) is 0 Å². The second-order valence-electron chi connectivity index (χ2n) is 3.01. The highest BCUT2D eigenvalue weighted by Gasteiger charge is 2.13. The Hall–Kier alpha value is -1.26. The Morgan fingerprint density at radius 2 is 2.14 bits per heavy atom. The largest absolute Gasteiger partial charge is 0.399 e. The third-order valence-electron chi connectivity index (χ3n) is 1.99. The van der Waals surface area contributed by atoms with E-state index in [1.807, 2.05) is 6.92 Å². The number of aliphatic hydroxyl groups is 1. The van der Waals surface area contributed by atoms with Crippen LogP contribution in [0.5, 0.6) is 0 Å². The van der Waals surface area contributed by atoms with Gasteiger partial charge in [-0.2, -0.15) is 0 Å². The van der Waals surface area contributed by atoms with Crippen molar-refractivity contribution in [3.8, 4) is 0 Å². The van der Waals surface area contributed by atoms with Crippen molar-refractivity contribution in [3.05, 3.63) is 23.8 Å². The fraction of sp³-hybridized carbons (Fsp3) is 0.400. The predicted octanol–water partition coefficient (Wildman–Crippen LogP) is 0.921. The summed E-state index contributed by atoms with van der Waals surface area (Å²) in [7, 11) is 0. The van der Waals surface area contributed by atoms with E-state index in [0.717, 1.165) is 5.56 Å². The molecule has 0 saturated heterocycles. The van der Waals surface area contributed by atoms with E-state index in [4.69, 9.17) is 21.3 Å². The molecule has 0 amide bonds. The zero-order valence-corrected chi connectivity index (χ0v) is 8.23. The molecule has 4 heteroatoms. The van der Waals surface area contributed by atoms with E-state index in [9.17, 15) is 0 Å². The van der Waals surface area contributed by atoms with Gasteiger partial charge in [-0.1, -0.05) is 0 Å². The Balaban J connectivity index is 2.96.